The van der Waals surface area contributed by atoms with E-state index in [0.29, 0.717) is 13.1 Å². The number of imide groups is 2. The molecule has 10 nitrogen and oxygen atoms in total. The summed E-state index contributed by atoms with van der Waals surface area (Å²) < 4.78 is 5.52. The van der Waals surface area contributed by atoms with E-state index >= 15 is 0 Å². The zero-order valence-electron chi connectivity index (χ0n) is 17.6. The number of piperidine rings is 1. The third kappa shape index (κ3) is 5.63. The Bertz CT molecular complexity index is 906. The van der Waals surface area contributed by atoms with Gasteiger partial charge in [0.1, 0.15) is 11.8 Å². The van der Waals surface area contributed by atoms with Gasteiger partial charge in [-0.2, -0.15) is 0 Å². The number of nitrogens with one attached hydrogen (secondary N) is 2. The lowest BCUT2D eigenvalue weighted by Crippen LogP contribution is -2.54. The van der Waals surface area contributed by atoms with Crippen LogP contribution in [0.4, 0.5) is 0 Å². The number of hydrogen-bond donors (Lipinski definition) is 3. The maximum Gasteiger partial charge on any atom is 0.266 e. The third-order valence-electron chi connectivity index (χ3n) is 5.24. The number of ether oxygens (including phenoxy) is 1. The van der Waals surface area contributed by atoms with Crippen molar-refractivity contribution >= 4 is 41.9 Å². The van der Waals surface area contributed by atoms with Crippen LogP contribution in [-0.4, -0.2) is 60.2 Å². The highest BCUT2D eigenvalue weighted by molar-refractivity contribution is 6.24. The van der Waals surface area contributed by atoms with Gasteiger partial charge in [0.05, 0.1) is 11.1 Å². The third-order valence-corrected chi connectivity index (χ3v) is 5.24. The lowest BCUT2D eigenvalue weighted by Gasteiger charge is -2.27. The lowest BCUT2D eigenvalue weighted by atomic mass is 10.0. The maximum absolute atomic E-state index is 12.9. The van der Waals surface area contributed by atoms with Crippen LogP contribution in [-0.2, 0) is 14.4 Å². The van der Waals surface area contributed by atoms with Gasteiger partial charge in [-0.25, -0.2) is 0 Å². The van der Waals surface area contributed by atoms with Crippen LogP contribution in [0.15, 0.2) is 18.2 Å². The monoisotopic (exact) mass is 466 g/mol. The average molecular weight is 467 g/mol. The van der Waals surface area contributed by atoms with Crippen LogP contribution in [0.3, 0.4) is 0 Å². The normalized spacial score (nSPS) is 17.5. The van der Waals surface area contributed by atoms with Crippen molar-refractivity contribution in [1.82, 2.24) is 15.5 Å². The van der Waals surface area contributed by atoms with Crippen molar-refractivity contribution in [3.63, 3.8) is 0 Å². The smallest absolute Gasteiger partial charge is 0.266 e. The Labute approximate surface area is 191 Å². The molecule has 4 N–H and O–H groups in total. The van der Waals surface area contributed by atoms with Crippen LogP contribution in [0, 0.1) is 0 Å². The fourth-order valence-corrected chi connectivity index (χ4v) is 3.65. The number of hydrogen-bond acceptors (Lipinski definition) is 7. The van der Waals surface area contributed by atoms with Crippen LogP contribution >= 0.6 is 12.4 Å². The number of carbonyl (C=O) groups is 5. The Hall–Kier alpha value is -2.98. The van der Waals surface area contributed by atoms with Crippen LogP contribution in [0.2, 0.25) is 0 Å². The predicted octanol–water partition coefficient (Wildman–Crippen LogP) is 0.524. The first-order valence-electron chi connectivity index (χ1n) is 10.4. The summed E-state index contributed by atoms with van der Waals surface area (Å²) in [7, 11) is 0. The number of benzene rings is 1. The number of carbonyl (C=O) groups excluding carboxylic acids is 5. The van der Waals surface area contributed by atoms with E-state index in [1.165, 1.54) is 12.1 Å². The summed E-state index contributed by atoms with van der Waals surface area (Å²) in [6, 6.07) is 3.46. The first kappa shape index (κ1) is 25.3. The van der Waals surface area contributed by atoms with Gasteiger partial charge in [-0.05, 0) is 37.9 Å². The topological polar surface area (TPSA) is 148 Å². The SMILES string of the molecule is Cl.NCCCCCCNC(=O)COc1cccc2c1C(=O)N(C1CCC(=O)NC1=O)C2=O. The van der Waals surface area contributed by atoms with Gasteiger partial charge in [0.2, 0.25) is 11.8 Å². The molecule has 2 aliphatic heterocycles. The molecule has 0 saturated carbocycles. The minimum Gasteiger partial charge on any atom is -0.483 e. The number of nitrogens with two attached hydrogens (primary N) is 1. The summed E-state index contributed by atoms with van der Waals surface area (Å²) in [4.78, 5) is 62.1. The molecule has 0 aromatic heterocycles. The van der Waals surface area contributed by atoms with Crippen molar-refractivity contribution in [2.75, 3.05) is 19.7 Å². The standard InChI is InChI=1S/C21H26N4O6.ClH/c22-10-3-1-2-4-11-23-17(27)12-31-15-7-5-6-13-18(15)21(30)25(20(13)29)14-8-9-16(26)24-19(14)28;/h5-7,14H,1-4,8-12,22H2,(H,23,27)(H,24,26,28);1H. The molecule has 1 aromatic carbocycles. The molecule has 1 aromatic rings. The number of rotatable bonds is 10. The molecule has 0 aliphatic carbocycles. The van der Waals surface area contributed by atoms with Crippen molar-refractivity contribution in [2.24, 2.45) is 5.73 Å². The summed E-state index contributed by atoms with van der Waals surface area (Å²) in [6.07, 6.45) is 3.88. The molecule has 2 aliphatic rings. The first-order valence-corrected chi connectivity index (χ1v) is 10.4. The highest BCUT2D eigenvalue weighted by Crippen LogP contribution is 2.33. The molecule has 174 valence electrons. The average Bonchev–Trinajstić information content (AvgIpc) is 3.00. The molecule has 11 heteroatoms. The lowest BCUT2D eigenvalue weighted by molar-refractivity contribution is -0.136. The molecule has 5 amide bonds. The zero-order valence-corrected chi connectivity index (χ0v) is 18.4. The molecule has 1 fully saturated rings. The van der Waals surface area contributed by atoms with E-state index < -0.39 is 29.7 Å². The zero-order chi connectivity index (χ0) is 22.4. The summed E-state index contributed by atoms with van der Waals surface area (Å²) in [5.74, 6) is -2.66. The fraction of sp³-hybridized carbons (Fsp3) is 0.476. The van der Waals surface area contributed by atoms with Crippen molar-refractivity contribution in [3.05, 3.63) is 29.3 Å². The number of fused-ring (bicyclic) bond motifs is 1. The highest BCUT2D eigenvalue weighted by Gasteiger charge is 2.46. The molecule has 0 radical (unpaired) electrons. The van der Waals surface area contributed by atoms with Gasteiger partial charge in [-0.1, -0.05) is 18.9 Å². The van der Waals surface area contributed by atoms with Crippen LogP contribution < -0.4 is 21.1 Å². The largest absolute Gasteiger partial charge is 0.483 e. The minimum atomic E-state index is -1.06. The molecule has 32 heavy (non-hydrogen) atoms. The van der Waals surface area contributed by atoms with Gasteiger partial charge >= 0.3 is 0 Å². The fourth-order valence-electron chi connectivity index (χ4n) is 3.65. The van der Waals surface area contributed by atoms with Crippen molar-refractivity contribution in [1.29, 1.82) is 0 Å². The van der Waals surface area contributed by atoms with E-state index in [4.69, 9.17) is 10.5 Å². The Morgan fingerprint density at radius 1 is 1.12 bits per heavy atom. The summed E-state index contributed by atoms with van der Waals surface area (Å²) in [6.45, 7) is 0.864. The molecular weight excluding hydrogens is 440 g/mol. The molecule has 3 rings (SSSR count). The second kappa shape index (κ2) is 11.6. The van der Waals surface area contributed by atoms with E-state index in [1.54, 1.807) is 6.07 Å². The van der Waals surface area contributed by atoms with Gasteiger partial charge < -0.3 is 15.8 Å². The molecule has 0 bridgehead atoms. The van der Waals surface area contributed by atoms with E-state index in [0.717, 1.165) is 30.6 Å². The van der Waals surface area contributed by atoms with E-state index in [-0.39, 0.29) is 54.6 Å². The number of unbranched alkanes of at least 4 members (excludes halogenated alkanes) is 3. The molecule has 1 saturated heterocycles. The van der Waals surface area contributed by atoms with Gasteiger partial charge in [-0.3, -0.25) is 34.2 Å². The Kier molecular flexibility index (Phi) is 9.15. The Balaban J connectivity index is 0.00000363. The molecule has 0 spiro atoms. The van der Waals surface area contributed by atoms with Crippen LogP contribution in [0.1, 0.15) is 59.2 Å². The molecular formula is C21H27ClN4O6. The van der Waals surface area contributed by atoms with Crippen LogP contribution in [0.5, 0.6) is 5.75 Å². The van der Waals surface area contributed by atoms with E-state index in [2.05, 4.69) is 10.6 Å². The highest BCUT2D eigenvalue weighted by atomic mass is 35.5. The van der Waals surface area contributed by atoms with Gasteiger partial charge in [0.15, 0.2) is 6.61 Å². The predicted molar refractivity (Wildman–Crippen MR) is 116 cm³/mol. The molecule has 1 unspecified atom stereocenters. The van der Waals surface area contributed by atoms with Crippen molar-refractivity contribution < 1.29 is 28.7 Å². The van der Waals surface area contributed by atoms with Gasteiger partial charge in [-0.15, -0.1) is 12.4 Å². The number of halogens is 1. The van der Waals surface area contributed by atoms with E-state index in [9.17, 15) is 24.0 Å². The van der Waals surface area contributed by atoms with Gasteiger partial charge in [0.25, 0.3) is 17.7 Å². The first-order chi connectivity index (χ1) is 14.9. The van der Waals surface area contributed by atoms with E-state index in [1.807, 2.05) is 0 Å². The number of nitrogens with zero attached hydrogens (tertiary/aromatic N) is 1. The van der Waals surface area contributed by atoms with Gasteiger partial charge in [0, 0.05) is 13.0 Å². The summed E-state index contributed by atoms with van der Waals surface area (Å²) >= 11 is 0. The Morgan fingerprint density at radius 2 is 1.88 bits per heavy atom. The second-order valence-electron chi connectivity index (χ2n) is 7.47. The Morgan fingerprint density at radius 3 is 2.59 bits per heavy atom. The van der Waals surface area contributed by atoms with Crippen LogP contribution in [0.25, 0.3) is 0 Å². The van der Waals surface area contributed by atoms with Crippen molar-refractivity contribution in [2.45, 2.75) is 44.6 Å². The summed E-state index contributed by atoms with van der Waals surface area (Å²) in [5.41, 5.74) is 5.56. The summed E-state index contributed by atoms with van der Waals surface area (Å²) in [5, 5.41) is 4.90. The second-order valence-corrected chi connectivity index (χ2v) is 7.47. The molecule has 2 heterocycles. The molecule has 1 atom stereocenters. The number of amides is 5. The van der Waals surface area contributed by atoms with Crippen molar-refractivity contribution in [3.8, 4) is 5.75 Å². The maximum atomic E-state index is 12.9. The minimum absolute atomic E-state index is 0. The quantitative estimate of drug-likeness (QED) is 0.336.